The van der Waals surface area contributed by atoms with Crippen molar-refractivity contribution >= 4 is 27.4 Å². The fraction of sp³-hybridized carbons (Fsp3) is 0.143. The zero-order valence-electron chi connectivity index (χ0n) is 16.2. The molecule has 30 heavy (non-hydrogen) atoms. The highest BCUT2D eigenvalue weighted by molar-refractivity contribution is 7.92. The number of carbonyl (C=O) groups excluding carboxylic acids is 1. The third kappa shape index (κ3) is 3.48. The number of hydrogen-bond acceptors (Lipinski definition) is 5. The first kappa shape index (κ1) is 19.8. The molecule has 2 heterocycles. The number of nitrogens with one attached hydrogen (secondary N) is 1. The van der Waals surface area contributed by atoms with Gasteiger partial charge in [-0.05, 0) is 61.9 Å². The lowest BCUT2D eigenvalue weighted by Crippen LogP contribution is -2.30. The molecule has 0 saturated carbocycles. The molecular formula is C21H18FN3O4S. The van der Waals surface area contributed by atoms with Gasteiger partial charge in [0.05, 0.1) is 16.1 Å². The first-order chi connectivity index (χ1) is 14.3. The number of ether oxygens (including phenoxy) is 1. The van der Waals surface area contributed by atoms with E-state index in [1.165, 1.54) is 41.3 Å². The number of fused-ring (bicyclic) bond motifs is 2. The summed E-state index contributed by atoms with van der Waals surface area (Å²) in [7, 11) is -4.14. The lowest BCUT2D eigenvalue weighted by atomic mass is 10.2. The van der Waals surface area contributed by atoms with Crippen molar-refractivity contribution in [2.45, 2.75) is 18.7 Å². The third-order valence-electron chi connectivity index (χ3n) is 4.65. The monoisotopic (exact) mass is 427 g/mol. The van der Waals surface area contributed by atoms with Crippen molar-refractivity contribution in [2.24, 2.45) is 0 Å². The molecule has 1 aliphatic rings. The van der Waals surface area contributed by atoms with E-state index in [-0.39, 0.29) is 21.9 Å². The van der Waals surface area contributed by atoms with Crippen LogP contribution in [0.3, 0.4) is 0 Å². The number of anilines is 2. The summed E-state index contributed by atoms with van der Waals surface area (Å²) in [5.74, 6) is -0.181. The van der Waals surface area contributed by atoms with E-state index in [2.05, 4.69) is 9.71 Å². The summed E-state index contributed by atoms with van der Waals surface area (Å²) in [5.41, 5.74) is 0.602. The quantitative estimate of drug-likeness (QED) is 0.677. The van der Waals surface area contributed by atoms with Crippen LogP contribution >= 0.6 is 0 Å². The minimum Gasteiger partial charge on any atom is -0.453 e. The van der Waals surface area contributed by atoms with Gasteiger partial charge in [0.25, 0.3) is 15.9 Å². The zero-order valence-corrected chi connectivity index (χ0v) is 17.0. The molecule has 3 aromatic rings. The standard InChI is InChI=1S/C21H18FN3O4S/c1-3-25-20-19(5-4-10-23-20)29-18-9-7-14(12-15(18)21(25)26)30(27,28)24-17-11-13(2)6-8-16(17)22/h4-12,24H,3H2,1-2H3. The molecular weight excluding hydrogens is 409 g/mol. The van der Waals surface area contributed by atoms with Crippen LogP contribution in [0.2, 0.25) is 0 Å². The fourth-order valence-electron chi connectivity index (χ4n) is 3.17. The third-order valence-corrected chi connectivity index (χ3v) is 6.01. The molecule has 0 saturated heterocycles. The Kier molecular flexibility index (Phi) is 4.90. The van der Waals surface area contributed by atoms with Gasteiger partial charge in [0.15, 0.2) is 11.6 Å². The van der Waals surface area contributed by atoms with Gasteiger partial charge < -0.3 is 4.74 Å². The number of aryl methyl sites for hydroxylation is 1. The predicted molar refractivity (Wildman–Crippen MR) is 110 cm³/mol. The summed E-state index contributed by atoms with van der Waals surface area (Å²) in [4.78, 5) is 18.5. The number of nitrogens with zero attached hydrogens (tertiary/aromatic N) is 2. The molecule has 4 rings (SSSR count). The van der Waals surface area contributed by atoms with Crippen LogP contribution in [0.15, 0.2) is 59.6 Å². The Balaban J connectivity index is 1.76. The topological polar surface area (TPSA) is 88.6 Å². The Labute approximate surface area is 173 Å². The van der Waals surface area contributed by atoms with E-state index in [0.29, 0.717) is 23.7 Å². The van der Waals surface area contributed by atoms with Crippen molar-refractivity contribution in [3.05, 3.63) is 71.7 Å². The number of sulfonamides is 1. The molecule has 1 N–H and O–H groups in total. The zero-order chi connectivity index (χ0) is 21.5. The molecule has 0 spiro atoms. The van der Waals surface area contributed by atoms with E-state index in [9.17, 15) is 17.6 Å². The van der Waals surface area contributed by atoms with Crippen molar-refractivity contribution in [1.82, 2.24) is 4.98 Å². The normalized spacial score (nSPS) is 13.2. The Morgan fingerprint density at radius 2 is 1.93 bits per heavy atom. The summed E-state index contributed by atoms with van der Waals surface area (Å²) in [5, 5.41) is 0. The van der Waals surface area contributed by atoms with Gasteiger partial charge in [0.1, 0.15) is 11.6 Å². The van der Waals surface area contributed by atoms with Gasteiger partial charge in [-0.15, -0.1) is 0 Å². The van der Waals surface area contributed by atoms with Crippen LogP contribution < -0.4 is 14.4 Å². The highest BCUT2D eigenvalue weighted by atomic mass is 32.2. The summed E-state index contributed by atoms with van der Waals surface area (Å²) < 4.78 is 47.8. The average Bonchev–Trinajstić information content (AvgIpc) is 2.83. The number of aromatic nitrogens is 1. The Morgan fingerprint density at radius 3 is 2.70 bits per heavy atom. The van der Waals surface area contributed by atoms with Gasteiger partial charge in [0, 0.05) is 12.7 Å². The number of benzene rings is 2. The van der Waals surface area contributed by atoms with E-state index < -0.39 is 21.7 Å². The molecule has 0 atom stereocenters. The van der Waals surface area contributed by atoms with Crippen LogP contribution in [0.1, 0.15) is 22.8 Å². The maximum Gasteiger partial charge on any atom is 0.263 e. The minimum atomic E-state index is -4.14. The molecule has 0 aliphatic carbocycles. The van der Waals surface area contributed by atoms with Crippen LogP contribution in [0.5, 0.6) is 11.5 Å². The van der Waals surface area contributed by atoms with Crippen LogP contribution in [-0.4, -0.2) is 25.9 Å². The van der Waals surface area contributed by atoms with Crippen molar-refractivity contribution in [1.29, 1.82) is 0 Å². The number of rotatable bonds is 4. The van der Waals surface area contributed by atoms with E-state index in [1.807, 2.05) is 0 Å². The number of hydrogen-bond donors (Lipinski definition) is 1. The van der Waals surface area contributed by atoms with Crippen LogP contribution in [0.4, 0.5) is 15.9 Å². The number of halogens is 1. The van der Waals surface area contributed by atoms with Crippen molar-refractivity contribution < 1.29 is 22.3 Å². The molecule has 7 nitrogen and oxygen atoms in total. The number of amides is 1. The predicted octanol–water partition coefficient (Wildman–Crippen LogP) is 4.10. The van der Waals surface area contributed by atoms with Crippen LogP contribution in [0, 0.1) is 12.7 Å². The van der Waals surface area contributed by atoms with Crippen molar-refractivity contribution in [3.8, 4) is 11.5 Å². The molecule has 0 fully saturated rings. The smallest absolute Gasteiger partial charge is 0.263 e. The number of pyridine rings is 1. The Bertz CT molecular complexity index is 1260. The second kappa shape index (κ2) is 7.42. The largest absolute Gasteiger partial charge is 0.453 e. The SMILES string of the molecule is CCN1C(=O)c2cc(S(=O)(=O)Nc3cc(C)ccc3F)ccc2Oc2cccnc21. The molecule has 0 unspecified atom stereocenters. The fourth-order valence-corrected chi connectivity index (χ4v) is 4.26. The summed E-state index contributed by atoms with van der Waals surface area (Å²) in [6, 6.07) is 11.4. The molecule has 0 bridgehead atoms. The van der Waals surface area contributed by atoms with Crippen molar-refractivity contribution in [3.63, 3.8) is 0 Å². The Morgan fingerprint density at radius 1 is 1.13 bits per heavy atom. The second-order valence-electron chi connectivity index (χ2n) is 6.72. The van der Waals surface area contributed by atoms with E-state index in [0.717, 1.165) is 0 Å². The van der Waals surface area contributed by atoms with Crippen LogP contribution in [0.25, 0.3) is 0 Å². The first-order valence-electron chi connectivity index (χ1n) is 9.18. The minimum absolute atomic E-state index is 0.0717. The lowest BCUT2D eigenvalue weighted by Gasteiger charge is -2.18. The molecule has 2 aromatic carbocycles. The molecule has 1 amide bonds. The van der Waals surface area contributed by atoms with E-state index in [1.54, 1.807) is 32.2 Å². The van der Waals surface area contributed by atoms with E-state index in [4.69, 9.17) is 4.74 Å². The van der Waals surface area contributed by atoms with Gasteiger partial charge >= 0.3 is 0 Å². The van der Waals surface area contributed by atoms with Gasteiger partial charge in [-0.2, -0.15) is 0 Å². The molecule has 9 heteroatoms. The maximum atomic E-state index is 14.0. The van der Waals surface area contributed by atoms with E-state index >= 15 is 0 Å². The highest BCUT2D eigenvalue weighted by Gasteiger charge is 2.30. The number of carbonyl (C=O) groups is 1. The van der Waals surface area contributed by atoms with Crippen LogP contribution in [-0.2, 0) is 10.0 Å². The first-order valence-corrected chi connectivity index (χ1v) is 10.7. The summed E-state index contributed by atoms with van der Waals surface area (Å²) in [6.45, 7) is 3.82. The molecule has 1 aliphatic heterocycles. The van der Waals surface area contributed by atoms with Crippen molar-refractivity contribution in [2.75, 3.05) is 16.2 Å². The van der Waals surface area contributed by atoms with Gasteiger partial charge in [-0.1, -0.05) is 6.07 Å². The lowest BCUT2D eigenvalue weighted by molar-refractivity contribution is 0.0987. The van der Waals surface area contributed by atoms with Gasteiger partial charge in [-0.25, -0.2) is 17.8 Å². The summed E-state index contributed by atoms with van der Waals surface area (Å²) >= 11 is 0. The average molecular weight is 427 g/mol. The molecule has 1 aromatic heterocycles. The second-order valence-corrected chi connectivity index (χ2v) is 8.41. The molecule has 0 radical (unpaired) electrons. The summed E-state index contributed by atoms with van der Waals surface area (Å²) in [6.07, 6.45) is 1.55. The van der Waals surface area contributed by atoms with Gasteiger partial charge in [0.2, 0.25) is 0 Å². The highest BCUT2D eigenvalue weighted by Crippen LogP contribution is 2.38. The Hall–Kier alpha value is -3.46. The molecule has 154 valence electrons. The maximum absolute atomic E-state index is 14.0. The van der Waals surface area contributed by atoms with Gasteiger partial charge in [-0.3, -0.25) is 14.4 Å².